The standard InChI is InChI=1S/C19H30F2N4O3.HI/c1-19(2,3)28-18(26)24-10-6-9-23-17(22-4)25-12-14-7-5-8-15(11-14)27-13-16(20)21;/h5,7-8,11,16H,6,9-10,12-13H2,1-4H3,(H,24,26)(H2,22,23,25);1H. The van der Waals surface area contributed by atoms with Gasteiger partial charge in [0.2, 0.25) is 0 Å². The van der Waals surface area contributed by atoms with Crippen molar-refractivity contribution in [2.24, 2.45) is 4.99 Å². The van der Waals surface area contributed by atoms with Crippen LogP contribution in [-0.2, 0) is 11.3 Å². The van der Waals surface area contributed by atoms with Crippen molar-refractivity contribution in [3.05, 3.63) is 29.8 Å². The summed E-state index contributed by atoms with van der Waals surface area (Å²) in [4.78, 5) is 15.7. The average Bonchev–Trinajstić information content (AvgIpc) is 2.61. The fourth-order valence-corrected chi connectivity index (χ4v) is 2.11. The Morgan fingerprint density at radius 2 is 1.86 bits per heavy atom. The van der Waals surface area contributed by atoms with Crippen LogP contribution in [0.15, 0.2) is 29.3 Å². The zero-order valence-corrected chi connectivity index (χ0v) is 19.6. The number of hydrogen-bond donors (Lipinski definition) is 3. The van der Waals surface area contributed by atoms with Crippen LogP contribution in [0.4, 0.5) is 13.6 Å². The summed E-state index contributed by atoms with van der Waals surface area (Å²) in [7, 11) is 1.65. The third-order valence-electron chi connectivity index (χ3n) is 3.27. The summed E-state index contributed by atoms with van der Waals surface area (Å²) < 4.78 is 34.6. The first-order valence-electron chi connectivity index (χ1n) is 9.11. The second kappa shape index (κ2) is 14.2. The van der Waals surface area contributed by atoms with Gasteiger partial charge in [0.15, 0.2) is 5.96 Å². The molecule has 0 fully saturated rings. The lowest BCUT2D eigenvalue weighted by atomic mass is 10.2. The molecule has 0 heterocycles. The average molecular weight is 528 g/mol. The van der Waals surface area contributed by atoms with Crippen molar-refractivity contribution < 1.29 is 23.0 Å². The Hall–Kier alpha value is -1.85. The quantitative estimate of drug-likeness (QED) is 0.198. The lowest BCUT2D eigenvalue weighted by Gasteiger charge is -2.19. The van der Waals surface area contributed by atoms with Gasteiger partial charge in [0, 0.05) is 26.7 Å². The number of ether oxygens (including phenoxy) is 2. The van der Waals surface area contributed by atoms with Crippen LogP contribution in [0.1, 0.15) is 32.8 Å². The van der Waals surface area contributed by atoms with Gasteiger partial charge in [0.1, 0.15) is 18.0 Å². The van der Waals surface area contributed by atoms with E-state index >= 15 is 0 Å². The van der Waals surface area contributed by atoms with E-state index in [-0.39, 0.29) is 24.0 Å². The van der Waals surface area contributed by atoms with Crippen molar-refractivity contribution in [2.75, 3.05) is 26.7 Å². The number of benzene rings is 1. The highest BCUT2D eigenvalue weighted by molar-refractivity contribution is 14.0. The Morgan fingerprint density at radius 3 is 2.48 bits per heavy atom. The smallest absolute Gasteiger partial charge is 0.407 e. The van der Waals surface area contributed by atoms with Gasteiger partial charge >= 0.3 is 6.09 Å². The molecule has 0 aromatic heterocycles. The van der Waals surface area contributed by atoms with Gasteiger partial charge in [-0.15, -0.1) is 24.0 Å². The van der Waals surface area contributed by atoms with Gasteiger partial charge in [-0.1, -0.05) is 12.1 Å². The Kier molecular flexibility index (Phi) is 13.3. The Labute approximate surface area is 188 Å². The molecule has 0 aliphatic carbocycles. The first-order chi connectivity index (χ1) is 13.2. The normalized spacial score (nSPS) is 11.5. The lowest BCUT2D eigenvalue weighted by Crippen LogP contribution is -2.39. The van der Waals surface area contributed by atoms with E-state index in [1.165, 1.54) is 0 Å². The first-order valence-corrected chi connectivity index (χ1v) is 9.11. The number of rotatable bonds is 9. The minimum Gasteiger partial charge on any atom is -0.488 e. The molecule has 3 N–H and O–H groups in total. The van der Waals surface area contributed by atoms with Gasteiger partial charge in [0.25, 0.3) is 6.43 Å². The Morgan fingerprint density at radius 1 is 1.17 bits per heavy atom. The second-order valence-corrected chi connectivity index (χ2v) is 6.98. The molecule has 0 radical (unpaired) electrons. The third kappa shape index (κ3) is 13.9. The van der Waals surface area contributed by atoms with Crippen LogP contribution in [0.25, 0.3) is 0 Å². The van der Waals surface area contributed by atoms with E-state index in [2.05, 4.69) is 20.9 Å². The number of hydrogen-bond acceptors (Lipinski definition) is 4. The second-order valence-electron chi connectivity index (χ2n) is 6.98. The van der Waals surface area contributed by atoms with Gasteiger partial charge in [-0.05, 0) is 44.9 Å². The maximum atomic E-state index is 12.2. The van der Waals surface area contributed by atoms with E-state index in [1.54, 1.807) is 25.2 Å². The minimum atomic E-state index is -2.50. The summed E-state index contributed by atoms with van der Waals surface area (Å²) in [6.45, 7) is 6.34. The summed E-state index contributed by atoms with van der Waals surface area (Å²) in [6.07, 6.45) is -2.25. The SMILES string of the molecule is CN=C(NCCCNC(=O)OC(C)(C)C)NCc1cccc(OCC(F)F)c1.I. The van der Waals surface area contributed by atoms with Gasteiger partial charge in [-0.3, -0.25) is 4.99 Å². The van der Waals surface area contributed by atoms with Crippen LogP contribution in [0.3, 0.4) is 0 Å². The molecular weight excluding hydrogens is 497 g/mol. The number of carbonyl (C=O) groups excluding carboxylic acids is 1. The molecule has 1 amide bonds. The molecule has 10 heteroatoms. The predicted octanol–water partition coefficient (Wildman–Crippen LogP) is 3.53. The van der Waals surface area contributed by atoms with E-state index in [0.717, 1.165) is 5.56 Å². The summed E-state index contributed by atoms with van der Waals surface area (Å²) in [5.41, 5.74) is 0.358. The Balaban J connectivity index is 0.00000784. The van der Waals surface area contributed by atoms with Gasteiger partial charge in [-0.2, -0.15) is 0 Å². The number of nitrogens with zero attached hydrogens (tertiary/aromatic N) is 1. The molecule has 1 aromatic carbocycles. The highest BCUT2D eigenvalue weighted by Gasteiger charge is 2.15. The molecule has 7 nitrogen and oxygen atoms in total. The largest absolute Gasteiger partial charge is 0.488 e. The van der Waals surface area contributed by atoms with E-state index in [9.17, 15) is 13.6 Å². The maximum absolute atomic E-state index is 12.2. The summed E-state index contributed by atoms with van der Waals surface area (Å²) in [5.74, 6) is 0.993. The van der Waals surface area contributed by atoms with Crippen LogP contribution >= 0.6 is 24.0 Å². The molecule has 166 valence electrons. The zero-order valence-electron chi connectivity index (χ0n) is 17.3. The third-order valence-corrected chi connectivity index (χ3v) is 3.27. The number of aliphatic imine (C=N–C) groups is 1. The number of nitrogens with one attached hydrogen (secondary N) is 3. The molecule has 29 heavy (non-hydrogen) atoms. The maximum Gasteiger partial charge on any atom is 0.407 e. The monoisotopic (exact) mass is 528 g/mol. The van der Waals surface area contributed by atoms with Gasteiger partial charge < -0.3 is 25.4 Å². The molecular formula is C19H31F2IN4O3. The lowest BCUT2D eigenvalue weighted by molar-refractivity contribution is 0.0527. The van der Waals surface area contributed by atoms with E-state index in [4.69, 9.17) is 9.47 Å². The molecule has 1 rings (SSSR count). The highest BCUT2D eigenvalue weighted by Crippen LogP contribution is 2.14. The molecule has 0 saturated carbocycles. The molecule has 0 aliphatic rings. The molecule has 0 aliphatic heterocycles. The Bertz CT molecular complexity index is 640. The van der Waals surface area contributed by atoms with Crippen molar-refractivity contribution in [3.63, 3.8) is 0 Å². The summed E-state index contributed by atoms with van der Waals surface area (Å²) >= 11 is 0. The number of alkyl halides is 2. The number of amides is 1. The van der Waals surface area contributed by atoms with Crippen LogP contribution in [0.2, 0.25) is 0 Å². The summed E-state index contributed by atoms with van der Waals surface area (Å²) in [6, 6.07) is 6.95. The number of carbonyl (C=O) groups is 1. The van der Waals surface area contributed by atoms with Crippen LogP contribution in [-0.4, -0.2) is 50.8 Å². The number of halogens is 3. The fraction of sp³-hybridized carbons (Fsp3) is 0.579. The van der Waals surface area contributed by atoms with Crippen molar-refractivity contribution >= 4 is 36.0 Å². The van der Waals surface area contributed by atoms with Gasteiger partial charge in [0.05, 0.1) is 0 Å². The molecule has 0 atom stereocenters. The van der Waals surface area contributed by atoms with Gasteiger partial charge in [-0.25, -0.2) is 13.6 Å². The minimum absolute atomic E-state index is 0. The molecule has 0 bridgehead atoms. The predicted molar refractivity (Wildman–Crippen MR) is 120 cm³/mol. The van der Waals surface area contributed by atoms with Crippen molar-refractivity contribution in [3.8, 4) is 5.75 Å². The number of guanidine groups is 1. The van der Waals surface area contributed by atoms with E-state index < -0.39 is 24.7 Å². The van der Waals surface area contributed by atoms with E-state index in [0.29, 0.717) is 37.8 Å². The van der Waals surface area contributed by atoms with Crippen LogP contribution in [0.5, 0.6) is 5.75 Å². The van der Waals surface area contributed by atoms with Crippen molar-refractivity contribution in [2.45, 2.75) is 45.8 Å². The van der Waals surface area contributed by atoms with E-state index in [1.807, 2.05) is 26.8 Å². The zero-order chi connectivity index (χ0) is 21.0. The summed E-state index contributed by atoms with van der Waals surface area (Å²) in [5, 5.41) is 8.95. The number of alkyl carbamates (subject to hydrolysis) is 1. The molecule has 1 aromatic rings. The molecule has 0 unspecified atom stereocenters. The first kappa shape index (κ1) is 27.2. The van der Waals surface area contributed by atoms with Crippen molar-refractivity contribution in [1.29, 1.82) is 0 Å². The van der Waals surface area contributed by atoms with Crippen LogP contribution in [0, 0.1) is 0 Å². The molecule has 0 spiro atoms. The topological polar surface area (TPSA) is 84.0 Å². The fourth-order valence-electron chi connectivity index (χ4n) is 2.11. The highest BCUT2D eigenvalue weighted by atomic mass is 127. The van der Waals surface area contributed by atoms with Crippen molar-refractivity contribution in [1.82, 2.24) is 16.0 Å². The molecule has 0 saturated heterocycles. The van der Waals surface area contributed by atoms with Crippen LogP contribution < -0.4 is 20.7 Å².